The number of aliphatic hydroxyl groups is 3. The summed E-state index contributed by atoms with van der Waals surface area (Å²) < 4.78 is 0. The number of rotatable bonds is 4. The molecule has 202 valence electrons. The number of benzene rings is 2. The van der Waals surface area contributed by atoms with Gasteiger partial charge in [0.25, 0.3) is 5.91 Å². The largest absolute Gasteiger partial charge is 0.508 e. The Morgan fingerprint density at radius 2 is 1.72 bits per heavy atom. The number of primary amides is 1. The highest BCUT2D eigenvalue weighted by Gasteiger charge is 2.64. The van der Waals surface area contributed by atoms with Crippen LogP contribution in [0.5, 0.6) is 5.75 Å². The van der Waals surface area contributed by atoms with E-state index in [4.69, 9.17) is 5.73 Å². The Balaban J connectivity index is 1.66. The molecule has 0 spiro atoms. The first kappa shape index (κ1) is 26.4. The highest BCUT2D eigenvalue weighted by Crippen LogP contribution is 2.53. The van der Waals surface area contributed by atoms with Crippen LogP contribution in [0.1, 0.15) is 34.2 Å². The van der Waals surface area contributed by atoms with Crippen LogP contribution in [0, 0.1) is 18.8 Å². The second-order valence-electron chi connectivity index (χ2n) is 10.7. The van der Waals surface area contributed by atoms with E-state index in [9.17, 15) is 34.8 Å². The first-order chi connectivity index (χ1) is 18.4. The molecule has 39 heavy (non-hydrogen) atoms. The Kier molecular flexibility index (Phi) is 6.24. The van der Waals surface area contributed by atoms with Crippen molar-refractivity contribution in [3.8, 4) is 5.75 Å². The lowest BCUT2D eigenvalue weighted by atomic mass is 9.57. The monoisotopic (exact) mass is 530 g/mol. The molecule has 9 nitrogen and oxygen atoms in total. The number of aliphatic hydroxyl groups excluding tert-OH is 2. The molecule has 0 unspecified atom stereocenters. The molecule has 1 fully saturated rings. The molecular weight excluding hydrogens is 500 g/mol. The molecule has 3 aliphatic carbocycles. The predicted octanol–water partition coefficient (Wildman–Crippen LogP) is 2.44. The van der Waals surface area contributed by atoms with E-state index in [0.717, 1.165) is 16.7 Å². The maximum atomic E-state index is 13.9. The highest BCUT2D eigenvalue weighted by atomic mass is 16.3. The van der Waals surface area contributed by atoms with E-state index in [1.807, 2.05) is 43.3 Å². The summed E-state index contributed by atoms with van der Waals surface area (Å²) in [7, 11) is 3.14. The molecule has 4 atom stereocenters. The zero-order valence-electron chi connectivity index (χ0n) is 21.8. The third kappa shape index (κ3) is 3.88. The lowest BCUT2D eigenvalue weighted by Gasteiger charge is -2.50. The molecule has 0 saturated heterocycles. The number of hydrogen-bond acceptors (Lipinski definition) is 8. The van der Waals surface area contributed by atoms with Crippen molar-refractivity contribution in [1.29, 1.82) is 0 Å². The second-order valence-corrected chi connectivity index (χ2v) is 10.7. The van der Waals surface area contributed by atoms with Crippen molar-refractivity contribution in [2.75, 3.05) is 14.1 Å². The summed E-state index contributed by atoms with van der Waals surface area (Å²) >= 11 is 0. The number of hydrogen-bond donors (Lipinski definition) is 5. The van der Waals surface area contributed by atoms with Crippen LogP contribution in [0.2, 0.25) is 0 Å². The number of carbonyl (C=O) groups excluding carboxylic acids is 3. The van der Waals surface area contributed by atoms with Crippen LogP contribution in [0.15, 0.2) is 53.3 Å². The third-order valence-corrected chi connectivity index (χ3v) is 8.17. The van der Waals surface area contributed by atoms with Crippen LogP contribution < -0.4 is 5.73 Å². The number of aromatic hydroxyl groups is 1. The van der Waals surface area contributed by atoms with Gasteiger partial charge in [0.05, 0.1) is 11.6 Å². The minimum absolute atomic E-state index is 0.0442. The van der Waals surface area contributed by atoms with Gasteiger partial charge in [-0.15, -0.1) is 0 Å². The second kappa shape index (κ2) is 9.21. The van der Waals surface area contributed by atoms with Gasteiger partial charge >= 0.3 is 0 Å². The first-order valence-electron chi connectivity index (χ1n) is 12.6. The molecule has 3 aliphatic rings. The standard InChI is InChI=1S/C30H30N2O7/c1-14-4-6-15(7-5-14)8-9-16-10-11-20(33)22-18(16)12-17-13-19-24(32(2)3)26(35)23(29(31)38)28(37)30(19,39)27(36)21(17)25(22)34/h4-11,17,19,24,33-34,37,39H,12-13H2,1-3H3,(H2,31,38)/b9-8+/t17-,19-,24-,30-/m1/s1. The average molecular weight is 531 g/mol. The average Bonchev–Trinajstić information content (AvgIpc) is 2.86. The van der Waals surface area contributed by atoms with Crippen molar-refractivity contribution < 1.29 is 34.8 Å². The Morgan fingerprint density at radius 1 is 1.05 bits per heavy atom. The minimum atomic E-state index is -2.65. The number of aryl methyl sites for hydroxylation is 1. The van der Waals surface area contributed by atoms with Crippen LogP contribution in [0.3, 0.4) is 0 Å². The molecule has 0 bridgehead atoms. The van der Waals surface area contributed by atoms with Crippen LogP contribution in [-0.2, 0) is 20.8 Å². The Hall–Kier alpha value is -4.21. The van der Waals surface area contributed by atoms with Crippen molar-refractivity contribution in [2.45, 2.75) is 31.4 Å². The molecule has 0 heterocycles. The molecule has 1 saturated carbocycles. The first-order valence-corrected chi connectivity index (χ1v) is 12.6. The summed E-state index contributed by atoms with van der Waals surface area (Å²) in [6.45, 7) is 1.99. The summed E-state index contributed by atoms with van der Waals surface area (Å²) in [4.78, 5) is 40.6. The van der Waals surface area contributed by atoms with E-state index in [1.54, 1.807) is 20.2 Å². The number of phenolic OH excluding ortho intramolecular Hbond substituents is 1. The molecule has 6 N–H and O–H groups in total. The number of fused-ring (bicyclic) bond motifs is 3. The number of likely N-dealkylation sites (N-methyl/N-ethyl adjacent to an activating group) is 1. The zero-order chi connectivity index (χ0) is 28.4. The Labute approximate surface area is 225 Å². The Morgan fingerprint density at radius 3 is 2.33 bits per heavy atom. The fourth-order valence-electron chi connectivity index (χ4n) is 6.29. The fraction of sp³-hybridized carbons (Fsp3) is 0.300. The molecule has 2 aromatic carbocycles. The molecule has 9 heteroatoms. The summed E-state index contributed by atoms with van der Waals surface area (Å²) in [6, 6.07) is 9.93. The van der Waals surface area contributed by atoms with Gasteiger partial charge in [-0.25, -0.2) is 0 Å². The predicted molar refractivity (Wildman–Crippen MR) is 144 cm³/mol. The van der Waals surface area contributed by atoms with Crippen molar-refractivity contribution in [1.82, 2.24) is 4.90 Å². The molecule has 5 rings (SSSR count). The summed E-state index contributed by atoms with van der Waals surface area (Å²) in [5, 5.41) is 44.6. The summed E-state index contributed by atoms with van der Waals surface area (Å²) in [5.41, 5.74) is 5.19. The fourth-order valence-corrected chi connectivity index (χ4v) is 6.29. The molecule has 0 aromatic heterocycles. The van der Waals surface area contributed by atoms with Crippen LogP contribution in [-0.4, -0.2) is 68.5 Å². The van der Waals surface area contributed by atoms with Gasteiger partial charge in [0.15, 0.2) is 11.4 Å². The molecule has 0 aliphatic heterocycles. The number of phenols is 1. The smallest absolute Gasteiger partial charge is 0.255 e. The van der Waals surface area contributed by atoms with Crippen molar-refractivity contribution in [3.63, 3.8) is 0 Å². The number of nitrogens with zero attached hydrogens (tertiary/aromatic N) is 1. The van der Waals surface area contributed by atoms with E-state index in [1.165, 1.54) is 11.0 Å². The number of nitrogens with two attached hydrogens (primary N) is 1. The van der Waals surface area contributed by atoms with Crippen molar-refractivity contribution in [2.24, 2.45) is 17.6 Å². The number of Topliss-reactive ketones (excluding diaryl/α,β-unsaturated/α-hetero) is 2. The maximum absolute atomic E-state index is 13.9. The van der Waals surface area contributed by atoms with Crippen LogP contribution in [0.25, 0.3) is 17.9 Å². The van der Waals surface area contributed by atoms with E-state index >= 15 is 0 Å². The van der Waals surface area contributed by atoms with Crippen molar-refractivity contribution >= 4 is 35.4 Å². The van der Waals surface area contributed by atoms with Crippen LogP contribution >= 0.6 is 0 Å². The molecular formula is C30H30N2O7. The van der Waals surface area contributed by atoms with E-state index in [0.29, 0.717) is 5.56 Å². The third-order valence-electron chi connectivity index (χ3n) is 8.17. The molecule has 1 amide bonds. The van der Waals surface area contributed by atoms with Gasteiger partial charge in [0.1, 0.15) is 22.8 Å². The van der Waals surface area contributed by atoms with Crippen molar-refractivity contribution in [3.05, 3.63) is 81.1 Å². The topological polar surface area (TPSA) is 161 Å². The summed E-state index contributed by atoms with van der Waals surface area (Å²) in [6.07, 6.45) is 4.05. The Bertz CT molecular complexity index is 1520. The number of carbonyl (C=O) groups is 3. The van der Waals surface area contributed by atoms with Gasteiger partial charge in [0, 0.05) is 11.5 Å². The van der Waals surface area contributed by atoms with Gasteiger partial charge in [-0.3, -0.25) is 19.3 Å². The maximum Gasteiger partial charge on any atom is 0.255 e. The number of ketones is 2. The van der Waals surface area contributed by atoms with Gasteiger partial charge in [-0.2, -0.15) is 0 Å². The normalized spacial score (nSPS) is 26.6. The lowest BCUT2D eigenvalue weighted by Crippen LogP contribution is -2.65. The van der Waals surface area contributed by atoms with E-state index in [-0.39, 0.29) is 29.7 Å². The highest BCUT2D eigenvalue weighted by molar-refractivity contribution is 6.24. The minimum Gasteiger partial charge on any atom is -0.508 e. The van der Waals surface area contributed by atoms with Crippen LogP contribution in [0.4, 0.5) is 0 Å². The molecule has 0 radical (unpaired) electrons. The van der Waals surface area contributed by atoms with Gasteiger partial charge in [-0.1, -0.05) is 48.0 Å². The van der Waals surface area contributed by atoms with E-state index < -0.39 is 58.0 Å². The number of amides is 1. The van der Waals surface area contributed by atoms with Gasteiger partial charge in [0.2, 0.25) is 5.78 Å². The summed E-state index contributed by atoms with van der Waals surface area (Å²) in [5.74, 6) is -6.65. The van der Waals surface area contributed by atoms with E-state index in [2.05, 4.69) is 0 Å². The lowest BCUT2D eigenvalue weighted by molar-refractivity contribution is -0.153. The van der Waals surface area contributed by atoms with Gasteiger partial charge < -0.3 is 26.2 Å². The SMILES string of the molecule is Cc1ccc(/C=C/c2ccc(O)c3c2C[C@@H]2C[C@@H]4[C@@H](N(C)C)C(=O)C(C(N)=O)=C(O)[C@]4(O)C(=O)C2=C3O)cc1. The molecule has 2 aromatic rings. The van der Waals surface area contributed by atoms with Gasteiger partial charge in [-0.05, 0) is 62.5 Å². The quantitative estimate of drug-likeness (QED) is 0.297. The zero-order valence-corrected chi connectivity index (χ0v) is 21.8.